The first kappa shape index (κ1) is 33.1. The third-order valence-corrected chi connectivity index (χ3v) is 7.10. The van der Waals surface area contributed by atoms with Crippen LogP contribution < -0.4 is 9.64 Å². The van der Waals surface area contributed by atoms with Gasteiger partial charge in [-0.15, -0.1) is 0 Å². The molecule has 3 amide bonds. The van der Waals surface area contributed by atoms with Crippen LogP contribution in [-0.4, -0.2) is 63.1 Å². The van der Waals surface area contributed by atoms with Gasteiger partial charge in [0.25, 0.3) is 5.91 Å². The molecule has 10 heteroatoms. The summed E-state index contributed by atoms with van der Waals surface area (Å²) in [7, 11) is 5.74. The smallest absolute Gasteiger partial charge is 0.337 e. The molecule has 0 fully saturated rings. The number of aryl methyl sites for hydroxylation is 1. The van der Waals surface area contributed by atoms with Gasteiger partial charge in [-0.25, -0.2) is 19.3 Å². The van der Waals surface area contributed by atoms with Crippen molar-refractivity contribution in [3.63, 3.8) is 0 Å². The molecule has 0 aromatic heterocycles. The number of nitrogens with zero attached hydrogens (tertiary/aromatic N) is 2. The molecule has 0 aliphatic carbocycles. The first-order valence-electron chi connectivity index (χ1n) is 14.4. The Balaban J connectivity index is 1.45. The fourth-order valence-corrected chi connectivity index (χ4v) is 4.67. The topological polar surface area (TPSA) is 120 Å². The summed E-state index contributed by atoms with van der Waals surface area (Å²) < 4.78 is 14.8. The maximum atomic E-state index is 14.0. The number of ether oxygens (including phenoxy) is 3. The molecule has 4 rings (SSSR count). The highest BCUT2D eigenvalue weighted by Gasteiger charge is 2.28. The van der Waals surface area contributed by atoms with Gasteiger partial charge in [-0.1, -0.05) is 42.5 Å². The van der Waals surface area contributed by atoms with Gasteiger partial charge in [0.1, 0.15) is 5.75 Å². The van der Waals surface area contributed by atoms with E-state index < -0.39 is 29.8 Å². The van der Waals surface area contributed by atoms with Crippen molar-refractivity contribution in [1.82, 2.24) is 4.90 Å². The van der Waals surface area contributed by atoms with Crippen LogP contribution in [0.3, 0.4) is 0 Å². The minimum atomic E-state index is -0.518. The number of hydrogen-bond acceptors (Lipinski definition) is 8. The van der Waals surface area contributed by atoms with E-state index in [-0.39, 0.29) is 6.42 Å². The summed E-state index contributed by atoms with van der Waals surface area (Å²) in [6.45, 7) is 0. The van der Waals surface area contributed by atoms with Crippen LogP contribution in [0.15, 0.2) is 97.1 Å². The second-order valence-corrected chi connectivity index (χ2v) is 10.4. The summed E-state index contributed by atoms with van der Waals surface area (Å²) in [5.74, 6) is -1.53. The lowest BCUT2D eigenvalue weighted by molar-refractivity contribution is -0.134. The summed E-state index contributed by atoms with van der Waals surface area (Å²) in [5.41, 5.74) is 3.64. The maximum absolute atomic E-state index is 14.0. The van der Waals surface area contributed by atoms with Gasteiger partial charge < -0.3 is 19.1 Å². The molecule has 0 saturated heterocycles. The number of amides is 3. The van der Waals surface area contributed by atoms with Crippen molar-refractivity contribution in [3.05, 3.63) is 119 Å². The zero-order chi connectivity index (χ0) is 33.2. The third-order valence-electron chi connectivity index (χ3n) is 7.10. The maximum Gasteiger partial charge on any atom is 0.337 e. The van der Waals surface area contributed by atoms with E-state index in [0.29, 0.717) is 52.1 Å². The van der Waals surface area contributed by atoms with Crippen LogP contribution in [0.25, 0.3) is 11.1 Å². The first-order valence-corrected chi connectivity index (χ1v) is 14.4. The molecule has 0 radical (unpaired) electrons. The first-order chi connectivity index (χ1) is 22.1. The summed E-state index contributed by atoms with van der Waals surface area (Å²) in [6, 6.07) is 26.3. The Bertz CT molecular complexity index is 1710. The third kappa shape index (κ3) is 8.03. The number of methoxy groups -OCH3 is 2. The van der Waals surface area contributed by atoms with Crippen LogP contribution in [0, 0.1) is 0 Å². The highest BCUT2D eigenvalue weighted by Crippen LogP contribution is 2.28. The van der Waals surface area contributed by atoms with E-state index in [1.54, 1.807) is 74.8 Å². The summed E-state index contributed by atoms with van der Waals surface area (Å²) in [5, 5.41) is 0. The number of anilines is 1. The van der Waals surface area contributed by atoms with Crippen molar-refractivity contribution in [2.45, 2.75) is 19.3 Å². The Hall–Kier alpha value is -5.77. The van der Waals surface area contributed by atoms with Crippen molar-refractivity contribution < 1.29 is 38.2 Å². The predicted molar refractivity (Wildman–Crippen MR) is 172 cm³/mol. The standard InChI is InChI=1S/C36H34N2O8/c1-37(2)36(43)38(33(40)31-10-6-5-9-30(31)25-14-16-26(17-15-25)34(41)44-3)28-20-12-24(13-21-28)8-7-11-32(39)46-29-22-18-27(19-23-29)35(42)45-4/h5-6,9-10,12-23H,7-8,11H2,1-4H3. The molecule has 46 heavy (non-hydrogen) atoms. The molecule has 4 aromatic rings. The lowest BCUT2D eigenvalue weighted by Gasteiger charge is -2.25. The van der Waals surface area contributed by atoms with Gasteiger partial charge in [0.2, 0.25) is 0 Å². The zero-order valence-corrected chi connectivity index (χ0v) is 26.0. The normalized spacial score (nSPS) is 10.4. The van der Waals surface area contributed by atoms with Crippen LogP contribution >= 0.6 is 0 Å². The van der Waals surface area contributed by atoms with Gasteiger partial charge in [0.05, 0.1) is 31.0 Å². The Kier molecular flexibility index (Phi) is 11.0. The van der Waals surface area contributed by atoms with Gasteiger partial charge in [-0.05, 0) is 84.1 Å². The van der Waals surface area contributed by atoms with Crippen molar-refractivity contribution >= 4 is 35.5 Å². The Labute approximate surface area is 267 Å². The summed E-state index contributed by atoms with van der Waals surface area (Å²) in [6.07, 6.45) is 1.25. The molecule has 0 aliphatic rings. The van der Waals surface area contributed by atoms with E-state index in [9.17, 15) is 24.0 Å². The summed E-state index contributed by atoms with van der Waals surface area (Å²) >= 11 is 0. The number of urea groups is 1. The molecule has 0 bridgehead atoms. The van der Waals surface area contributed by atoms with Gasteiger partial charge in [0.15, 0.2) is 0 Å². The number of benzene rings is 4. The van der Waals surface area contributed by atoms with Crippen molar-refractivity contribution in [1.29, 1.82) is 0 Å². The number of hydrogen-bond donors (Lipinski definition) is 0. The van der Waals surface area contributed by atoms with Crippen molar-refractivity contribution in [2.24, 2.45) is 0 Å². The van der Waals surface area contributed by atoms with Gasteiger partial charge in [-0.2, -0.15) is 0 Å². The number of rotatable bonds is 10. The SMILES string of the molecule is COC(=O)c1ccc(OC(=O)CCCc2ccc(N(C(=O)c3ccccc3-c3ccc(C(=O)OC)cc3)C(=O)N(C)C)cc2)cc1. The molecule has 0 spiro atoms. The highest BCUT2D eigenvalue weighted by molar-refractivity contribution is 6.22. The quantitative estimate of drug-likeness (QED) is 0.152. The van der Waals surface area contributed by atoms with Gasteiger partial charge in [-0.3, -0.25) is 9.59 Å². The van der Waals surface area contributed by atoms with E-state index >= 15 is 0 Å². The minimum Gasteiger partial charge on any atom is -0.465 e. The van der Waals surface area contributed by atoms with E-state index in [4.69, 9.17) is 9.47 Å². The molecule has 0 saturated carbocycles. The molecule has 0 heterocycles. The molecule has 0 aliphatic heterocycles. The molecule has 4 aromatic carbocycles. The number of imide groups is 1. The predicted octanol–water partition coefficient (Wildman–Crippen LogP) is 6.18. The number of carbonyl (C=O) groups is 5. The number of carbonyl (C=O) groups excluding carboxylic acids is 5. The molecule has 10 nitrogen and oxygen atoms in total. The van der Waals surface area contributed by atoms with Crippen LogP contribution in [-0.2, 0) is 20.7 Å². The van der Waals surface area contributed by atoms with Crippen molar-refractivity contribution in [2.75, 3.05) is 33.2 Å². The Morgan fingerprint density at radius 1 is 0.674 bits per heavy atom. The average Bonchev–Trinajstić information content (AvgIpc) is 3.08. The monoisotopic (exact) mass is 622 g/mol. The number of esters is 3. The van der Waals surface area contributed by atoms with Gasteiger partial charge in [0, 0.05) is 26.1 Å². The molecular weight excluding hydrogens is 588 g/mol. The zero-order valence-electron chi connectivity index (χ0n) is 26.0. The molecule has 0 atom stereocenters. The van der Waals surface area contributed by atoms with Crippen molar-refractivity contribution in [3.8, 4) is 16.9 Å². The highest BCUT2D eigenvalue weighted by atomic mass is 16.5. The Morgan fingerprint density at radius 2 is 1.24 bits per heavy atom. The molecule has 0 unspecified atom stereocenters. The van der Waals surface area contributed by atoms with E-state index in [1.807, 2.05) is 12.1 Å². The average molecular weight is 623 g/mol. The lowest BCUT2D eigenvalue weighted by Crippen LogP contribution is -2.43. The second-order valence-electron chi connectivity index (χ2n) is 10.4. The lowest BCUT2D eigenvalue weighted by atomic mass is 9.97. The van der Waals surface area contributed by atoms with E-state index in [1.165, 1.54) is 43.4 Å². The molecule has 236 valence electrons. The molecular formula is C36H34N2O8. The second kappa shape index (κ2) is 15.3. The van der Waals surface area contributed by atoms with Gasteiger partial charge >= 0.3 is 23.9 Å². The molecule has 0 N–H and O–H groups in total. The van der Waals surface area contributed by atoms with Crippen LogP contribution in [0.2, 0.25) is 0 Å². The fourth-order valence-electron chi connectivity index (χ4n) is 4.67. The fraction of sp³-hybridized carbons (Fsp3) is 0.194. The van der Waals surface area contributed by atoms with Crippen LogP contribution in [0.1, 0.15) is 49.5 Å². The van der Waals surface area contributed by atoms with Crippen LogP contribution in [0.4, 0.5) is 10.5 Å². The summed E-state index contributed by atoms with van der Waals surface area (Å²) in [4.78, 5) is 65.5. The largest absolute Gasteiger partial charge is 0.465 e. The van der Waals surface area contributed by atoms with E-state index in [0.717, 1.165) is 10.5 Å². The van der Waals surface area contributed by atoms with Crippen LogP contribution in [0.5, 0.6) is 5.75 Å². The van der Waals surface area contributed by atoms with E-state index in [2.05, 4.69) is 4.74 Å². The Morgan fingerprint density at radius 3 is 1.80 bits per heavy atom. The minimum absolute atomic E-state index is 0.168.